The van der Waals surface area contributed by atoms with E-state index >= 15 is 0 Å². The molecule has 0 saturated carbocycles. The number of hydrogen-bond acceptors (Lipinski definition) is 4. The molecule has 1 aromatic carbocycles. The van der Waals surface area contributed by atoms with Gasteiger partial charge in [0.15, 0.2) is 0 Å². The van der Waals surface area contributed by atoms with E-state index in [0.29, 0.717) is 0 Å². The summed E-state index contributed by atoms with van der Waals surface area (Å²) in [4.78, 5) is 1.17. The standard InChI is InChI=1S/C15H19FN4S/c1-19(2)21-15-5-3-12(4-6-15)13-9-18-20(10-13)11-14(16)7-8-17/h3-7,9-10H,8,11,17H2,1-2H3/b14-7-. The van der Waals surface area contributed by atoms with E-state index in [0.717, 1.165) is 11.1 Å². The Hall–Kier alpha value is -1.63. The maximum absolute atomic E-state index is 13.4. The zero-order chi connectivity index (χ0) is 15.2. The highest BCUT2D eigenvalue weighted by Crippen LogP contribution is 2.24. The Kier molecular flexibility index (Phi) is 5.55. The van der Waals surface area contributed by atoms with Crippen molar-refractivity contribution in [2.75, 3.05) is 20.6 Å². The van der Waals surface area contributed by atoms with Gasteiger partial charge >= 0.3 is 0 Å². The van der Waals surface area contributed by atoms with Gasteiger partial charge in [0.25, 0.3) is 0 Å². The lowest BCUT2D eigenvalue weighted by Gasteiger charge is -2.08. The van der Waals surface area contributed by atoms with Crippen molar-refractivity contribution in [2.45, 2.75) is 11.4 Å². The second-order valence-electron chi connectivity index (χ2n) is 4.74. The van der Waals surface area contributed by atoms with Gasteiger partial charge < -0.3 is 5.73 Å². The number of hydrogen-bond donors (Lipinski definition) is 1. The van der Waals surface area contributed by atoms with Gasteiger partial charge in [-0.15, -0.1) is 0 Å². The molecule has 0 spiro atoms. The molecule has 0 radical (unpaired) electrons. The minimum Gasteiger partial charge on any atom is -0.327 e. The van der Waals surface area contributed by atoms with Gasteiger partial charge in [0.05, 0.1) is 12.7 Å². The third kappa shape index (κ3) is 4.70. The van der Waals surface area contributed by atoms with E-state index in [2.05, 4.69) is 17.2 Å². The van der Waals surface area contributed by atoms with Crippen molar-refractivity contribution in [3.63, 3.8) is 0 Å². The molecule has 0 amide bonds. The fourth-order valence-corrected chi connectivity index (χ4v) is 2.54. The van der Waals surface area contributed by atoms with Gasteiger partial charge in [0.1, 0.15) is 5.83 Å². The van der Waals surface area contributed by atoms with Crippen LogP contribution < -0.4 is 5.73 Å². The summed E-state index contributed by atoms with van der Waals surface area (Å²) in [6, 6.07) is 8.21. The van der Waals surface area contributed by atoms with Crippen molar-refractivity contribution in [1.82, 2.24) is 14.1 Å². The van der Waals surface area contributed by atoms with E-state index < -0.39 is 0 Å². The molecule has 0 saturated heterocycles. The zero-order valence-corrected chi connectivity index (χ0v) is 13.0. The van der Waals surface area contributed by atoms with Crippen molar-refractivity contribution in [3.8, 4) is 11.1 Å². The molecule has 6 heteroatoms. The lowest BCUT2D eigenvalue weighted by Crippen LogP contribution is -2.01. The highest BCUT2D eigenvalue weighted by molar-refractivity contribution is 7.97. The Labute approximate surface area is 128 Å². The van der Waals surface area contributed by atoms with Crippen LogP contribution in [0.2, 0.25) is 0 Å². The van der Waals surface area contributed by atoms with Crippen LogP contribution in [0.4, 0.5) is 4.39 Å². The zero-order valence-electron chi connectivity index (χ0n) is 12.2. The second-order valence-corrected chi connectivity index (χ2v) is 6.13. The fraction of sp³-hybridized carbons (Fsp3) is 0.267. The third-order valence-corrected chi connectivity index (χ3v) is 3.61. The number of benzene rings is 1. The number of aromatic nitrogens is 2. The van der Waals surface area contributed by atoms with Crippen LogP contribution in [0.1, 0.15) is 0 Å². The summed E-state index contributed by atoms with van der Waals surface area (Å²) in [5, 5.41) is 4.17. The quantitative estimate of drug-likeness (QED) is 0.834. The predicted octanol–water partition coefficient (Wildman–Crippen LogP) is 2.93. The number of halogens is 1. The molecule has 2 aromatic rings. The Morgan fingerprint density at radius 3 is 2.67 bits per heavy atom. The summed E-state index contributed by atoms with van der Waals surface area (Å²) in [6.45, 7) is 0.316. The molecular weight excluding hydrogens is 287 g/mol. The van der Waals surface area contributed by atoms with Gasteiger partial charge in [-0.05, 0) is 49.8 Å². The van der Waals surface area contributed by atoms with E-state index in [1.807, 2.05) is 36.7 Å². The summed E-state index contributed by atoms with van der Waals surface area (Å²) < 4.78 is 17.0. The molecular formula is C15H19FN4S. The first-order valence-electron chi connectivity index (χ1n) is 6.61. The molecule has 4 nitrogen and oxygen atoms in total. The van der Waals surface area contributed by atoms with Crippen molar-refractivity contribution in [1.29, 1.82) is 0 Å². The predicted molar refractivity (Wildman–Crippen MR) is 85.5 cm³/mol. The molecule has 0 aliphatic rings. The topological polar surface area (TPSA) is 47.1 Å². The van der Waals surface area contributed by atoms with Crippen LogP contribution in [0.15, 0.2) is 53.5 Å². The summed E-state index contributed by atoms with van der Waals surface area (Å²) >= 11 is 1.67. The lowest BCUT2D eigenvalue weighted by molar-refractivity contribution is 0.525. The Morgan fingerprint density at radius 1 is 1.33 bits per heavy atom. The maximum Gasteiger partial charge on any atom is 0.119 e. The van der Waals surface area contributed by atoms with Gasteiger partial charge in [0.2, 0.25) is 0 Å². The smallest absolute Gasteiger partial charge is 0.119 e. The number of nitrogens with two attached hydrogens (primary N) is 1. The molecule has 0 unspecified atom stereocenters. The van der Waals surface area contributed by atoms with E-state index in [9.17, 15) is 4.39 Å². The van der Waals surface area contributed by atoms with Crippen molar-refractivity contribution in [3.05, 3.63) is 48.6 Å². The van der Waals surface area contributed by atoms with Crippen LogP contribution in [-0.4, -0.2) is 34.7 Å². The molecule has 0 fully saturated rings. The molecule has 0 atom stereocenters. The third-order valence-electron chi connectivity index (χ3n) is 2.76. The lowest BCUT2D eigenvalue weighted by atomic mass is 10.1. The molecule has 112 valence electrons. The summed E-state index contributed by atoms with van der Waals surface area (Å²) in [5.74, 6) is -0.273. The molecule has 0 bridgehead atoms. The van der Waals surface area contributed by atoms with Gasteiger partial charge in [-0.2, -0.15) is 5.10 Å². The summed E-state index contributed by atoms with van der Waals surface area (Å²) in [7, 11) is 4.01. The molecule has 0 aliphatic carbocycles. The van der Waals surface area contributed by atoms with E-state index in [-0.39, 0.29) is 18.9 Å². The largest absolute Gasteiger partial charge is 0.327 e. The van der Waals surface area contributed by atoms with Crippen LogP contribution in [-0.2, 0) is 6.54 Å². The van der Waals surface area contributed by atoms with Gasteiger partial charge in [0, 0.05) is 23.2 Å². The average molecular weight is 306 g/mol. The monoisotopic (exact) mass is 306 g/mol. The van der Waals surface area contributed by atoms with Gasteiger partial charge in [-0.3, -0.25) is 8.99 Å². The van der Waals surface area contributed by atoms with Gasteiger partial charge in [-0.1, -0.05) is 12.1 Å². The highest BCUT2D eigenvalue weighted by Gasteiger charge is 2.04. The molecule has 2 N–H and O–H groups in total. The van der Waals surface area contributed by atoms with Crippen molar-refractivity contribution >= 4 is 11.9 Å². The summed E-state index contributed by atoms with van der Waals surface area (Å²) in [5.41, 5.74) is 7.31. The van der Waals surface area contributed by atoms with Crippen LogP contribution in [0, 0.1) is 0 Å². The SMILES string of the molecule is CN(C)Sc1ccc(-c2cnn(C/C(F)=C/CN)c2)cc1. The fourth-order valence-electron chi connectivity index (χ4n) is 1.87. The van der Waals surface area contributed by atoms with Crippen LogP contribution in [0.25, 0.3) is 11.1 Å². The van der Waals surface area contributed by atoms with Crippen LogP contribution in [0.3, 0.4) is 0 Å². The first-order chi connectivity index (χ1) is 10.1. The maximum atomic E-state index is 13.4. The van der Waals surface area contributed by atoms with E-state index in [1.165, 1.54) is 11.0 Å². The number of nitrogens with zero attached hydrogens (tertiary/aromatic N) is 3. The van der Waals surface area contributed by atoms with E-state index in [4.69, 9.17) is 5.73 Å². The first-order valence-corrected chi connectivity index (χ1v) is 7.38. The Morgan fingerprint density at radius 2 is 2.05 bits per heavy atom. The highest BCUT2D eigenvalue weighted by atomic mass is 32.2. The van der Waals surface area contributed by atoms with E-state index in [1.54, 1.807) is 22.8 Å². The number of rotatable bonds is 6. The van der Waals surface area contributed by atoms with Crippen molar-refractivity contribution < 1.29 is 4.39 Å². The molecule has 21 heavy (non-hydrogen) atoms. The Balaban J connectivity index is 2.08. The van der Waals surface area contributed by atoms with Gasteiger partial charge in [-0.25, -0.2) is 4.39 Å². The molecule has 1 heterocycles. The Bertz CT molecular complexity index is 604. The minimum atomic E-state index is -0.273. The normalized spacial score (nSPS) is 12.1. The van der Waals surface area contributed by atoms with Crippen LogP contribution >= 0.6 is 11.9 Å². The average Bonchev–Trinajstić information content (AvgIpc) is 2.87. The van der Waals surface area contributed by atoms with Crippen molar-refractivity contribution in [2.24, 2.45) is 5.73 Å². The first kappa shape index (κ1) is 15.8. The second kappa shape index (κ2) is 7.40. The molecule has 2 rings (SSSR count). The molecule has 0 aliphatic heterocycles. The molecule has 1 aromatic heterocycles. The number of allylic oxidation sites excluding steroid dienone is 1. The summed E-state index contributed by atoms with van der Waals surface area (Å²) in [6.07, 6.45) is 4.93. The van der Waals surface area contributed by atoms with Crippen LogP contribution in [0.5, 0.6) is 0 Å². The minimum absolute atomic E-state index is 0.117.